The molecule has 1 aliphatic rings. The summed E-state index contributed by atoms with van der Waals surface area (Å²) in [5.74, 6) is 0. The number of rotatable bonds is 7. The minimum Gasteiger partial charge on any atom is -0.289 e. The molecule has 0 aromatic rings. The monoisotopic (exact) mass is 197 g/mol. The molecule has 1 aliphatic heterocycles. The van der Waals surface area contributed by atoms with Gasteiger partial charge in [-0.25, -0.2) is 0 Å². The fourth-order valence-electron chi connectivity index (χ4n) is 1.78. The normalized spacial score (nSPS) is 22.8. The van der Waals surface area contributed by atoms with E-state index < -0.39 is 0 Å². The summed E-state index contributed by atoms with van der Waals surface area (Å²) in [5.41, 5.74) is 0. The molecule has 1 atom stereocenters. The minimum absolute atomic E-state index is 0.366. The number of hydrogen-bond acceptors (Lipinski definition) is 3. The van der Waals surface area contributed by atoms with Gasteiger partial charge in [-0.3, -0.25) is 15.5 Å². The summed E-state index contributed by atoms with van der Waals surface area (Å²) < 4.78 is 0. The van der Waals surface area contributed by atoms with E-state index in [0.29, 0.717) is 6.29 Å². The molecule has 1 rings (SSSR count). The van der Waals surface area contributed by atoms with Crippen molar-refractivity contribution in [2.24, 2.45) is 0 Å². The molecule has 0 spiro atoms. The molecule has 0 aliphatic carbocycles. The van der Waals surface area contributed by atoms with E-state index in [0.717, 1.165) is 26.2 Å². The third kappa shape index (κ3) is 3.78. The van der Waals surface area contributed by atoms with Crippen LogP contribution >= 0.6 is 0 Å². The standard InChI is InChI=1S/C11H23N3/c1-3-5-6-7-12-11-13-8-10-14(11)9-4-2/h4,11-13H,2-3,5-10H2,1H3. The van der Waals surface area contributed by atoms with E-state index in [4.69, 9.17) is 0 Å². The molecule has 1 heterocycles. The zero-order chi connectivity index (χ0) is 10.2. The second kappa shape index (κ2) is 6.98. The van der Waals surface area contributed by atoms with Gasteiger partial charge in [-0.2, -0.15) is 0 Å². The average molecular weight is 197 g/mol. The van der Waals surface area contributed by atoms with E-state index in [1.165, 1.54) is 19.3 Å². The highest BCUT2D eigenvalue weighted by atomic mass is 15.4. The van der Waals surface area contributed by atoms with E-state index >= 15 is 0 Å². The van der Waals surface area contributed by atoms with Gasteiger partial charge in [0.05, 0.1) is 0 Å². The van der Waals surface area contributed by atoms with Crippen LogP contribution in [0.2, 0.25) is 0 Å². The van der Waals surface area contributed by atoms with Crippen molar-refractivity contribution in [1.82, 2.24) is 15.5 Å². The van der Waals surface area contributed by atoms with Crippen molar-refractivity contribution < 1.29 is 0 Å². The van der Waals surface area contributed by atoms with Gasteiger partial charge in [-0.05, 0) is 13.0 Å². The lowest BCUT2D eigenvalue weighted by Gasteiger charge is -2.23. The van der Waals surface area contributed by atoms with Crippen molar-refractivity contribution in [2.45, 2.75) is 32.5 Å². The predicted octanol–water partition coefficient (Wildman–Crippen LogP) is 1.14. The van der Waals surface area contributed by atoms with Crippen molar-refractivity contribution in [3.05, 3.63) is 12.7 Å². The highest BCUT2D eigenvalue weighted by molar-refractivity contribution is 4.82. The topological polar surface area (TPSA) is 27.3 Å². The average Bonchev–Trinajstić information content (AvgIpc) is 2.61. The second-order valence-corrected chi connectivity index (χ2v) is 3.80. The lowest BCUT2D eigenvalue weighted by atomic mass is 10.2. The van der Waals surface area contributed by atoms with Gasteiger partial charge in [0.25, 0.3) is 0 Å². The van der Waals surface area contributed by atoms with Gasteiger partial charge in [-0.15, -0.1) is 6.58 Å². The van der Waals surface area contributed by atoms with Gasteiger partial charge in [0.15, 0.2) is 0 Å². The van der Waals surface area contributed by atoms with Gasteiger partial charge in [0.1, 0.15) is 6.29 Å². The zero-order valence-corrected chi connectivity index (χ0v) is 9.26. The second-order valence-electron chi connectivity index (χ2n) is 3.80. The molecule has 0 amide bonds. The number of nitrogens with zero attached hydrogens (tertiary/aromatic N) is 1. The van der Waals surface area contributed by atoms with Crippen LogP contribution in [0.15, 0.2) is 12.7 Å². The Morgan fingerprint density at radius 3 is 3.14 bits per heavy atom. The lowest BCUT2D eigenvalue weighted by molar-refractivity contribution is 0.223. The van der Waals surface area contributed by atoms with Crippen LogP contribution in [-0.2, 0) is 0 Å². The van der Waals surface area contributed by atoms with Crippen LogP contribution in [0.5, 0.6) is 0 Å². The summed E-state index contributed by atoms with van der Waals surface area (Å²) in [6, 6.07) is 0. The number of unbranched alkanes of at least 4 members (excludes halogenated alkanes) is 2. The van der Waals surface area contributed by atoms with Crippen LogP contribution in [0.3, 0.4) is 0 Å². The van der Waals surface area contributed by atoms with Crippen LogP contribution in [-0.4, -0.2) is 37.4 Å². The Morgan fingerprint density at radius 1 is 1.57 bits per heavy atom. The molecule has 14 heavy (non-hydrogen) atoms. The van der Waals surface area contributed by atoms with Crippen LogP contribution in [0.1, 0.15) is 26.2 Å². The first-order valence-corrected chi connectivity index (χ1v) is 5.70. The zero-order valence-electron chi connectivity index (χ0n) is 9.26. The molecule has 0 aromatic heterocycles. The summed E-state index contributed by atoms with van der Waals surface area (Å²) in [4.78, 5) is 2.37. The maximum Gasteiger partial charge on any atom is 0.114 e. The third-order valence-electron chi connectivity index (χ3n) is 2.58. The molecule has 1 unspecified atom stereocenters. The molecule has 0 radical (unpaired) electrons. The fraction of sp³-hybridized carbons (Fsp3) is 0.818. The van der Waals surface area contributed by atoms with Gasteiger partial charge < -0.3 is 0 Å². The van der Waals surface area contributed by atoms with Crippen LogP contribution in [0, 0.1) is 0 Å². The van der Waals surface area contributed by atoms with Crippen molar-refractivity contribution in [2.75, 3.05) is 26.2 Å². The molecular weight excluding hydrogens is 174 g/mol. The quantitative estimate of drug-likeness (QED) is 0.473. The summed E-state index contributed by atoms with van der Waals surface area (Å²) in [5, 5.41) is 6.95. The number of nitrogens with one attached hydrogen (secondary N) is 2. The van der Waals surface area contributed by atoms with E-state index in [1.54, 1.807) is 0 Å². The van der Waals surface area contributed by atoms with Crippen LogP contribution in [0.4, 0.5) is 0 Å². The maximum absolute atomic E-state index is 3.77. The Labute approximate surface area is 87.6 Å². The fourth-order valence-corrected chi connectivity index (χ4v) is 1.78. The largest absolute Gasteiger partial charge is 0.289 e. The summed E-state index contributed by atoms with van der Waals surface area (Å²) in [7, 11) is 0. The summed E-state index contributed by atoms with van der Waals surface area (Å²) in [6.45, 7) is 10.3. The van der Waals surface area contributed by atoms with Crippen molar-refractivity contribution in [1.29, 1.82) is 0 Å². The van der Waals surface area contributed by atoms with E-state index in [9.17, 15) is 0 Å². The molecule has 0 bridgehead atoms. The van der Waals surface area contributed by atoms with Gasteiger partial charge in [0.2, 0.25) is 0 Å². The minimum atomic E-state index is 0.366. The molecule has 3 heteroatoms. The number of hydrogen-bond donors (Lipinski definition) is 2. The molecule has 0 aromatic carbocycles. The molecule has 3 nitrogen and oxygen atoms in total. The summed E-state index contributed by atoms with van der Waals surface area (Å²) >= 11 is 0. The van der Waals surface area contributed by atoms with Gasteiger partial charge in [-0.1, -0.05) is 25.8 Å². The predicted molar refractivity (Wildman–Crippen MR) is 61.1 cm³/mol. The molecular formula is C11H23N3. The van der Waals surface area contributed by atoms with E-state index in [1.807, 2.05) is 6.08 Å². The SMILES string of the molecule is C=CCN1CCNC1NCCCCC. The molecule has 1 fully saturated rings. The van der Waals surface area contributed by atoms with Crippen LogP contribution in [0.25, 0.3) is 0 Å². The maximum atomic E-state index is 3.77. The van der Waals surface area contributed by atoms with Gasteiger partial charge in [0, 0.05) is 19.6 Å². The first kappa shape index (κ1) is 11.7. The van der Waals surface area contributed by atoms with Gasteiger partial charge >= 0.3 is 0 Å². The van der Waals surface area contributed by atoms with Crippen LogP contribution < -0.4 is 10.6 Å². The Morgan fingerprint density at radius 2 is 2.43 bits per heavy atom. The van der Waals surface area contributed by atoms with Crippen molar-refractivity contribution in [3.63, 3.8) is 0 Å². The Kier molecular flexibility index (Phi) is 5.83. The molecule has 0 saturated carbocycles. The Balaban J connectivity index is 2.12. The lowest BCUT2D eigenvalue weighted by Crippen LogP contribution is -2.47. The third-order valence-corrected chi connectivity index (χ3v) is 2.58. The van der Waals surface area contributed by atoms with E-state index in [2.05, 4.69) is 29.0 Å². The van der Waals surface area contributed by atoms with Crippen molar-refractivity contribution in [3.8, 4) is 0 Å². The Hall–Kier alpha value is -0.380. The molecule has 82 valence electrons. The first-order chi connectivity index (χ1) is 6.88. The van der Waals surface area contributed by atoms with E-state index in [-0.39, 0.29) is 0 Å². The Bertz CT molecular complexity index is 159. The highest BCUT2D eigenvalue weighted by Gasteiger charge is 2.21. The first-order valence-electron chi connectivity index (χ1n) is 5.70. The molecule has 1 saturated heterocycles. The summed E-state index contributed by atoms with van der Waals surface area (Å²) in [6.07, 6.45) is 6.21. The van der Waals surface area contributed by atoms with Crippen molar-refractivity contribution >= 4 is 0 Å². The highest BCUT2D eigenvalue weighted by Crippen LogP contribution is 2.00. The smallest absolute Gasteiger partial charge is 0.114 e. The molecule has 2 N–H and O–H groups in total.